The molecular formula is C18H21ClN4O2S. The van der Waals surface area contributed by atoms with Gasteiger partial charge in [-0.15, -0.1) is 11.8 Å². The van der Waals surface area contributed by atoms with Gasteiger partial charge in [-0.1, -0.05) is 11.6 Å². The fourth-order valence-electron chi connectivity index (χ4n) is 3.16. The zero-order chi connectivity index (χ0) is 18.5. The molecule has 4 N–H and O–H groups in total. The molecule has 138 valence electrons. The number of H-pyrrole nitrogens is 2. The molecule has 1 fully saturated rings. The lowest BCUT2D eigenvalue weighted by Crippen LogP contribution is -2.26. The molecule has 0 radical (unpaired) electrons. The van der Waals surface area contributed by atoms with Gasteiger partial charge in [-0.25, -0.2) is 4.98 Å². The number of rotatable bonds is 4. The van der Waals surface area contributed by atoms with E-state index < -0.39 is 0 Å². The summed E-state index contributed by atoms with van der Waals surface area (Å²) < 4.78 is 0. The van der Waals surface area contributed by atoms with Crippen LogP contribution < -0.4 is 10.9 Å². The Morgan fingerprint density at radius 2 is 2.00 bits per heavy atom. The van der Waals surface area contributed by atoms with E-state index >= 15 is 0 Å². The second kappa shape index (κ2) is 8.73. The van der Waals surface area contributed by atoms with Crippen molar-refractivity contribution in [2.45, 2.75) is 29.8 Å². The number of nitrogens with one attached hydrogen (secondary N) is 3. The topological polar surface area (TPSA) is 93.8 Å². The molecule has 6 nitrogen and oxygen atoms in total. The summed E-state index contributed by atoms with van der Waals surface area (Å²) in [6.45, 7) is 0. The van der Waals surface area contributed by atoms with Crippen LogP contribution >= 0.6 is 23.4 Å². The summed E-state index contributed by atoms with van der Waals surface area (Å²) >= 11 is 7.75. The highest BCUT2D eigenvalue weighted by Crippen LogP contribution is 2.32. The van der Waals surface area contributed by atoms with Crippen molar-refractivity contribution in [3.63, 3.8) is 0 Å². The molecule has 0 amide bonds. The van der Waals surface area contributed by atoms with Crippen molar-refractivity contribution in [1.82, 2.24) is 20.3 Å². The van der Waals surface area contributed by atoms with Crippen LogP contribution in [0.4, 0.5) is 0 Å². The molecule has 1 aliphatic heterocycles. The van der Waals surface area contributed by atoms with Gasteiger partial charge in [0.2, 0.25) is 0 Å². The molecule has 0 spiro atoms. The first-order chi connectivity index (χ1) is 12.7. The lowest BCUT2D eigenvalue weighted by atomic mass is 10.1. The number of aromatic nitrogens is 3. The highest BCUT2D eigenvalue weighted by atomic mass is 35.5. The van der Waals surface area contributed by atoms with E-state index in [0.717, 1.165) is 41.8 Å². The Hall–Kier alpha value is -1.80. The third-order valence-corrected chi connectivity index (χ3v) is 5.81. The van der Waals surface area contributed by atoms with Gasteiger partial charge in [-0.2, -0.15) is 0 Å². The Kier molecular flexibility index (Phi) is 6.37. The van der Waals surface area contributed by atoms with Crippen LogP contribution in [0.25, 0.3) is 11.0 Å². The minimum Gasteiger partial charge on any atom is -0.400 e. The largest absolute Gasteiger partial charge is 0.400 e. The summed E-state index contributed by atoms with van der Waals surface area (Å²) in [5.74, 6) is 1.01. The molecule has 4 rings (SSSR count). The van der Waals surface area contributed by atoms with E-state index in [1.54, 1.807) is 0 Å². The summed E-state index contributed by atoms with van der Waals surface area (Å²) in [7, 11) is 1.00. The lowest BCUT2D eigenvalue weighted by Gasteiger charge is -2.13. The zero-order valence-corrected chi connectivity index (χ0v) is 15.9. The van der Waals surface area contributed by atoms with Crippen molar-refractivity contribution in [3.8, 4) is 0 Å². The van der Waals surface area contributed by atoms with E-state index in [0.29, 0.717) is 11.6 Å². The highest BCUT2D eigenvalue weighted by Gasteiger charge is 2.27. The average molecular weight is 393 g/mol. The summed E-state index contributed by atoms with van der Waals surface area (Å²) in [5, 5.41) is 11.4. The van der Waals surface area contributed by atoms with Gasteiger partial charge in [0.1, 0.15) is 11.0 Å². The van der Waals surface area contributed by atoms with Crippen LogP contribution in [0.15, 0.2) is 46.5 Å². The SMILES string of the molecule is CO.O=c1[nH]cnc2c([C@H]3CC[C@@H](CSc4ccc(Cl)cc4)N3)c[nH]c12. The number of aromatic amines is 2. The van der Waals surface area contributed by atoms with E-state index in [9.17, 15) is 4.79 Å². The fourth-order valence-corrected chi connectivity index (χ4v) is 4.27. The van der Waals surface area contributed by atoms with E-state index in [-0.39, 0.29) is 11.6 Å². The van der Waals surface area contributed by atoms with E-state index in [1.807, 2.05) is 30.1 Å². The second-order valence-electron chi connectivity index (χ2n) is 5.96. The molecule has 0 saturated carbocycles. The predicted molar refractivity (Wildman–Crippen MR) is 106 cm³/mol. The number of halogens is 1. The first kappa shape index (κ1) is 19.0. The third kappa shape index (κ3) is 4.12. The average Bonchev–Trinajstić information content (AvgIpc) is 3.30. The van der Waals surface area contributed by atoms with Gasteiger partial charge in [0.25, 0.3) is 5.56 Å². The summed E-state index contributed by atoms with van der Waals surface area (Å²) in [5.41, 5.74) is 2.27. The zero-order valence-electron chi connectivity index (χ0n) is 14.3. The molecule has 0 unspecified atom stereocenters. The van der Waals surface area contributed by atoms with Crippen LogP contribution in [0, 0.1) is 0 Å². The monoisotopic (exact) mass is 392 g/mol. The number of benzene rings is 1. The molecule has 0 aliphatic carbocycles. The maximum absolute atomic E-state index is 11.8. The molecule has 8 heteroatoms. The first-order valence-corrected chi connectivity index (χ1v) is 9.71. The number of hydrogen-bond acceptors (Lipinski definition) is 5. The van der Waals surface area contributed by atoms with Crippen LogP contribution in [0.1, 0.15) is 24.4 Å². The number of nitrogens with zero attached hydrogens (tertiary/aromatic N) is 1. The first-order valence-electron chi connectivity index (χ1n) is 8.34. The van der Waals surface area contributed by atoms with Gasteiger partial charge in [-0.3, -0.25) is 4.79 Å². The van der Waals surface area contributed by atoms with Crippen LogP contribution in [0.2, 0.25) is 5.02 Å². The quantitative estimate of drug-likeness (QED) is 0.512. The number of hydrogen-bond donors (Lipinski definition) is 4. The van der Waals surface area contributed by atoms with Gasteiger partial charge >= 0.3 is 0 Å². The Labute approximate surface area is 160 Å². The van der Waals surface area contributed by atoms with Gasteiger partial charge < -0.3 is 20.4 Å². The molecular weight excluding hydrogens is 372 g/mol. The standard InChI is InChI=1S/C17H17ClN4OS.CH4O/c18-10-1-4-12(5-2-10)24-8-11-3-6-14(22-11)13-7-19-16-15(13)20-9-21-17(16)23;1-2/h1-2,4-5,7,9,11,14,19,22H,3,6,8H2,(H,20,21,23);2H,1H3/t11-,14+;/m0./s1. The minimum atomic E-state index is -0.126. The molecule has 1 aliphatic rings. The van der Waals surface area contributed by atoms with Crippen LogP contribution in [-0.2, 0) is 0 Å². The minimum absolute atomic E-state index is 0.126. The van der Waals surface area contributed by atoms with E-state index in [2.05, 4.69) is 32.4 Å². The van der Waals surface area contributed by atoms with Gasteiger partial charge in [0.15, 0.2) is 0 Å². The Bertz CT molecular complexity index is 909. The molecule has 26 heavy (non-hydrogen) atoms. The molecule has 2 atom stereocenters. The van der Waals surface area contributed by atoms with E-state index in [4.69, 9.17) is 16.7 Å². The second-order valence-corrected chi connectivity index (χ2v) is 7.49. The van der Waals surface area contributed by atoms with Crippen molar-refractivity contribution in [2.75, 3.05) is 12.9 Å². The van der Waals surface area contributed by atoms with Crippen LogP contribution in [0.3, 0.4) is 0 Å². The Balaban J connectivity index is 0.000000948. The molecule has 3 aromatic rings. The number of thioether (sulfide) groups is 1. The molecule has 1 aromatic carbocycles. The van der Waals surface area contributed by atoms with Crippen molar-refractivity contribution in [1.29, 1.82) is 0 Å². The lowest BCUT2D eigenvalue weighted by molar-refractivity contribution is 0.399. The molecule has 1 saturated heterocycles. The van der Waals surface area contributed by atoms with Crippen molar-refractivity contribution >= 4 is 34.4 Å². The third-order valence-electron chi connectivity index (χ3n) is 4.38. The van der Waals surface area contributed by atoms with Crippen LogP contribution in [-0.4, -0.2) is 39.0 Å². The summed E-state index contributed by atoms with van der Waals surface area (Å²) in [6.07, 6.45) is 5.53. The van der Waals surface area contributed by atoms with Crippen molar-refractivity contribution in [2.24, 2.45) is 0 Å². The van der Waals surface area contributed by atoms with Gasteiger partial charge in [-0.05, 0) is 37.1 Å². The Morgan fingerprint density at radius 1 is 1.23 bits per heavy atom. The predicted octanol–water partition coefficient (Wildman–Crippen LogP) is 3.10. The number of aliphatic hydroxyl groups is 1. The highest BCUT2D eigenvalue weighted by molar-refractivity contribution is 7.99. The Morgan fingerprint density at radius 3 is 2.77 bits per heavy atom. The van der Waals surface area contributed by atoms with Crippen LogP contribution in [0.5, 0.6) is 0 Å². The molecule has 0 bridgehead atoms. The normalized spacial score (nSPS) is 19.3. The van der Waals surface area contributed by atoms with E-state index in [1.165, 1.54) is 11.2 Å². The molecule has 2 aromatic heterocycles. The molecule has 3 heterocycles. The van der Waals surface area contributed by atoms with Gasteiger partial charge in [0, 0.05) is 46.6 Å². The maximum atomic E-state index is 11.8. The fraction of sp³-hybridized carbons (Fsp3) is 0.333. The smallest absolute Gasteiger partial charge is 0.275 e. The summed E-state index contributed by atoms with van der Waals surface area (Å²) in [4.78, 5) is 23.0. The summed E-state index contributed by atoms with van der Waals surface area (Å²) in [6, 6.07) is 8.63. The van der Waals surface area contributed by atoms with Crippen molar-refractivity contribution < 1.29 is 5.11 Å². The van der Waals surface area contributed by atoms with Crippen molar-refractivity contribution in [3.05, 3.63) is 57.7 Å². The number of fused-ring (bicyclic) bond motifs is 1. The number of aliphatic hydroxyl groups excluding tert-OH is 1. The maximum Gasteiger partial charge on any atom is 0.275 e. The van der Waals surface area contributed by atoms with Gasteiger partial charge in [0.05, 0.1) is 6.33 Å².